The van der Waals surface area contributed by atoms with Crippen LogP contribution >= 0.6 is 0 Å². The zero-order valence-electron chi connectivity index (χ0n) is 23.3. The number of aliphatic hydroxyl groups is 1. The van der Waals surface area contributed by atoms with Gasteiger partial charge in [-0.3, -0.25) is 19.3 Å². The number of methoxy groups -OCH3 is 1. The maximum absolute atomic E-state index is 13.8. The molecule has 0 spiro atoms. The molecule has 5 atom stereocenters. The van der Waals surface area contributed by atoms with Crippen LogP contribution in [0.4, 0.5) is 0 Å². The number of rotatable bonds is 13. The lowest BCUT2D eigenvalue weighted by molar-refractivity contribution is -0.136. The molecule has 40 heavy (non-hydrogen) atoms. The summed E-state index contributed by atoms with van der Waals surface area (Å²) in [5.41, 5.74) is 0.792. The van der Waals surface area contributed by atoms with E-state index in [2.05, 4.69) is 10.6 Å². The van der Waals surface area contributed by atoms with Crippen molar-refractivity contribution in [1.82, 2.24) is 15.5 Å². The summed E-state index contributed by atoms with van der Waals surface area (Å²) in [6.07, 6.45) is 0.511. The van der Waals surface area contributed by atoms with Crippen LogP contribution in [0.25, 0.3) is 0 Å². The van der Waals surface area contributed by atoms with Gasteiger partial charge in [0, 0.05) is 13.0 Å². The summed E-state index contributed by atoms with van der Waals surface area (Å²) in [5, 5.41) is 15.6. The molecule has 2 heterocycles. The normalized spacial score (nSPS) is 22.9. The van der Waals surface area contributed by atoms with Gasteiger partial charge < -0.3 is 30.0 Å². The molecule has 0 aliphatic carbocycles. The summed E-state index contributed by atoms with van der Waals surface area (Å²) >= 11 is 0. The predicted molar refractivity (Wildman–Crippen MR) is 148 cm³/mol. The van der Waals surface area contributed by atoms with E-state index in [1.54, 1.807) is 33.1 Å². The van der Waals surface area contributed by atoms with Crippen LogP contribution in [-0.2, 0) is 36.7 Å². The number of benzene rings is 2. The Morgan fingerprint density at radius 3 is 2.27 bits per heavy atom. The molecular weight excluding hydrogens is 514 g/mol. The lowest BCUT2D eigenvalue weighted by Gasteiger charge is -2.38. The van der Waals surface area contributed by atoms with Crippen LogP contribution in [0, 0.1) is 0 Å². The molecule has 2 saturated heterocycles. The van der Waals surface area contributed by atoms with Crippen LogP contribution in [-0.4, -0.2) is 97.5 Å². The Labute approximate surface area is 235 Å². The number of nitrogens with zero attached hydrogens (tertiary/aromatic N) is 1. The van der Waals surface area contributed by atoms with Crippen molar-refractivity contribution >= 4 is 17.6 Å². The van der Waals surface area contributed by atoms with E-state index in [9.17, 15) is 19.5 Å². The number of aliphatic hydroxyl groups excluding tert-OH is 1. The number of ketones is 1. The quantitative estimate of drug-likeness (QED) is 0.312. The third-order valence-electron chi connectivity index (χ3n) is 7.61. The highest BCUT2D eigenvalue weighted by Crippen LogP contribution is 2.29. The number of ether oxygens (including phenoxy) is 3. The van der Waals surface area contributed by atoms with Crippen LogP contribution in [0.3, 0.4) is 0 Å². The van der Waals surface area contributed by atoms with Crippen LogP contribution in [0.15, 0.2) is 54.6 Å². The molecule has 0 saturated carbocycles. The molecule has 10 nitrogen and oxygen atoms in total. The number of epoxide rings is 1. The number of hydrogen-bond donors (Lipinski definition) is 3. The maximum Gasteiger partial charge on any atom is 0.243 e. The van der Waals surface area contributed by atoms with E-state index < -0.39 is 29.6 Å². The second kappa shape index (κ2) is 13.4. The van der Waals surface area contributed by atoms with Crippen molar-refractivity contribution in [1.29, 1.82) is 0 Å². The van der Waals surface area contributed by atoms with Gasteiger partial charge in [0.1, 0.15) is 17.4 Å². The molecule has 2 aliphatic heterocycles. The van der Waals surface area contributed by atoms with Gasteiger partial charge in [0.2, 0.25) is 11.8 Å². The Balaban J connectivity index is 1.54. The number of amides is 2. The highest BCUT2D eigenvalue weighted by Gasteiger charge is 2.50. The molecule has 3 N–H and O–H groups in total. The number of carbonyl (C=O) groups excluding carboxylic acids is 3. The van der Waals surface area contributed by atoms with Gasteiger partial charge in [-0.2, -0.15) is 0 Å². The monoisotopic (exact) mass is 553 g/mol. The molecule has 216 valence electrons. The van der Waals surface area contributed by atoms with Gasteiger partial charge in [-0.15, -0.1) is 0 Å². The van der Waals surface area contributed by atoms with Gasteiger partial charge in [-0.1, -0.05) is 42.5 Å². The molecule has 0 radical (unpaired) electrons. The summed E-state index contributed by atoms with van der Waals surface area (Å²) in [5.74, 6) is -0.337. The molecule has 2 aromatic carbocycles. The number of nitrogens with one attached hydrogen (secondary N) is 2. The number of Topliss-reactive ketones (excluding diaryl/α,β-unsaturated/α-hetero) is 1. The summed E-state index contributed by atoms with van der Waals surface area (Å²) in [7, 11) is 1.58. The summed E-state index contributed by atoms with van der Waals surface area (Å²) in [4.78, 5) is 42.4. The molecule has 2 aromatic rings. The van der Waals surface area contributed by atoms with Crippen LogP contribution in [0.2, 0.25) is 0 Å². The van der Waals surface area contributed by atoms with E-state index in [4.69, 9.17) is 14.2 Å². The van der Waals surface area contributed by atoms with Crippen LogP contribution < -0.4 is 15.4 Å². The molecule has 0 aromatic heterocycles. The predicted octanol–water partition coefficient (Wildman–Crippen LogP) is 0.890. The fourth-order valence-electron chi connectivity index (χ4n) is 4.94. The summed E-state index contributed by atoms with van der Waals surface area (Å²) < 4.78 is 16.1. The Morgan fingerprint density at radius 2 is 1.65 bits per heavy atom. The van der Waals surface area contributed by atoms with Gasteiger partial charge >= 0.3 is 0 Å². The average Bonchev–Trinajstić information content (AvgIpc) is 3.74. The van der Waals surface area contributed by atoms with Crippen molar-refractivity contribution in [2.45, 2.75) is 56.5 Å². The van der Waals surface area contributed by atoms with E-state index >= 15 is 0 Å². The minimum Gasteiger partial charge on any atom is -0.497 e. The van der Waals surface area contributed by atoms with Gasteiger partial charge in [0.05, 0.1) is 51.7 Å². The van der Waals surface area contributed by atoms with Gasteiger partial charge in [-0.25, -0.2) is 0 Å². The Hall–Kier alpha value is -3.31. The average molecular weight is 554 g/mol. The Morgan fingerprint density at radius 1 is 1.02 bits per heavy atom. The molecule has 10 heteroatoms. The molecular formula is C30H39N3O7. The molecule has 2 aliphatic rings. The topological polar surface area (TPSA) is 130 Å². The molecule has 2 amide bonds. The fraction of sp³-hybridized carbons (Fsp3) is 0.500. The van der Waals surface area contributed by atoms with Gasteiger partial charge in [0.15, 0.2) is 5.78 Å². The van der Waals surface area contributed by atoms with Crippen molar-refractivity contribution in [2.24, 2.45) is 0 Å². The van der Waals surface area contributed by atoms with E-state index in [1.807, 2.05) is 47.4 Å². The highest BCUT2D eigenvalue weighted by atomic mass is 16.6. The third-order valence-corrected chi connectivity index (χ3v) is 7.61. The first-order valence-electron chi connectivity index (χ1n) is 13.6. The lowest BCUT2D eigenvalue weighted by atomic mass is 9.94. The van der Waals surface area contributed by atoms with Crippen molar-refractivity contribution in [3.05, 3.63) is 65.7 Å². The summed E-state index contributed by atoms with van der Waals surface area (Å²) in [6, 6.07) is 14.0. The van der Waals surface area contributed by atoms with Gasteiger partial charge in [0.25, 0.3) is 0 Å². The zero-order valence-corrected chi connectivity index (χ0v) is 23.3. The Bertz CT molecular complexity index is 1150. The van der Waals surface area contributed by atoms with Crippen molar-refractivity contribution < 1.29 is 33.7 Å². The molecule has 0 bridgehead atoms. The first-order chi connectivity index (χ1) is 19.2. The minimum atomic E-state index is -0.948. The maximum atomic E-state index is 13.8. The molecule has 0 unspecified atom stereocenters. The van der Waals surface area contributed by atoms with E-state index in [0.29, 0.717) is 38.5 Å². The zero-order chi connectivity index (χ0) is 28.7. The van der Waals surface area contributed by atoms with Gasteiger partial charge in [-0.05, 0) is 43.5 Å². The van der Waals surface area contributed by atoms with Crippen LogP contribution in [0.5, 0.6) is 5.75 Å². The molecule has 4 rings (SSSR count). The standard InChI is InChI=1S/C30H39N3O7/c1-20(33-13-14-39-18-23(33)17-34)28(36)32-26(16-22-9-11-24(38-3)12-10-22)29(37)31-25(27(35)30(2)19-40-30)15-21-7-5-4-6-8-21/h4-12,20,23,25-26,34H,13-19H2,1-3H3,(H,31,37)(H,32,36)/t20-,23+,25-,26-,30+/m0/s1. The first kappa shape index (κ1) is 29.7. The van der Waals surface area contributed by atoms with Crippen LogP contribution in [0.1, 0.15) is 25.0 Å². The summed E-state index contributed by atoms with van der Waals surface area (Å²) in [6.45, 7) is 4.90. The van der Waals surface area contributed by atoms with E-state index in [-0.39, 0.29) is 30.8 Å². The number of hydrogen-bond acceptors (Lipinski definition) is 8. The second-order valence-corrected chi connectivity index (χ2v) is 10.6. The Kier molecular flexibility index (Phi) is 9.91. The second-order valence-electron chi connectivity index (χ2n) is 10.6. The lowest BCUT2D eigenvalue weighted by Crippen LogP contribution is -2.60. The SMILES string of the molecule is COc1ccc(C[C@H](NC(=O)[C@H](C)N2CCOC[C@H]2CO)C(=O)N[C@@H](Cc2ccccc2)C(=O)[C@@]2(C)CO2)cc1. The first-order valence-corrected chi connectivity index (χ1v) is 13.6. The minimum absolute atomic E-state index is 0.141. The van der Waals surface area contributed by atoms with E-state index in [0.717, 1.165) is 11.1 Å². The van der Waals surface area contributed by atoms with Crippen molar-refractivity contribution in [3.8, 4) is 5.75 Å². The van der Waals surface area contributed by atoms with Crippen molar-refractivity contribution in [2.75, 3.05) is 40.1 Å². The molecule has 2 fully saturated rings. The highest BCUT2D eigenvalue weighted by molar-refractivity contribution is 5.98. The largest absolute Gasteiger partial charge is 0.497 e. The number of carbonyl (C=O) groups is 3. The van der Waals surface area contributed by atoms with Crippen molar-refractivity contribution in [3.63, 3.8) is 0 Å². The smallest absolute Gasteiger partial charge is 0.243 e. The number of morpholine rings is 1. The fourth-order valence-corrected chi connectivity index (χ4v) is 4.94. The third kappa shape index (κ3) is 7.45. The van der Waals surface area contributed by atoms with E-state index in [1.165, 1.54) is 0 Å².